The number of carboxylic acids is 1. The maximum absolute atomic E-state index is 12.1. The highest BCUT2D eigenvalue weighted by molar-refractivity contribution is 6.07. The highest BCUT2D eigenvalue weighted by Crippen LogP contribution is 2.20. The van der Waals surface area contributed by atoms with Gasteiger partial charge in [-0.05, 0) is 37.6 Å². The average Bonchev–Trinajstić information content (AvgIpc) is 2.38. The van der Waals surface area contributed by atoms with Crippen molar-refractivity contribution in [2.45, 2.75) is 13.8 Å². The van der Waals surface area contributed by atoms with Crippen molar-refractivity contribution in [3.63, 3.8) is 0 Å². The second kappa shape index (κ2) is 5.52. The van der Waals surface area contributed by atoms with Gasteiger partial charge in [0.2, 0.25) is 0 Å². The summed E-state index contributed by atoms with van der Waals surface area (Å²) in [6.45, 7) is 3.47. The Morgan fingerprint density at radius 3 is 2.45 bits per heavy atom. The summed E-state index contributed by atoms with van der Waals surface area (Å²) in [6, 6.07) is 10.0. The number of pyridine rings is 1. The predicted molar refractivity (Wildman–Crippen MR) is 75.1 cm³/mol. The second-order valence-electron chi connectivity index (χ2n) is 4.42. The molecule has 1 amide bonds. The Labute approximate surface area is 116 Å². The van der Waals surface area contributed by atoms with Crippen LogP contribution in [0.3, 0.4) is 0 Å². The van der Waals surface area contributed by atoms with E-state index in [1.165, 1.54) is 0 Å². The van der Waals surface area contributed by atoms with E-state index in [-0.39, 0.29) is 16.9 Å². The van der Waals surface area contributed by atoms with Crippen LogP contribution in [0.15, 0.2) is 36.4 Å². The predicted octanol–water partition coefficient (Wildman–Crippen LogP) is 2.65. The molecule has 5 heteroatoms. The molecule has 0 aliphatic heterocycles. The fraction of sp³-hybridized carbons (Fsp3) is 0.133. The summed E-state index contributed by atoms with van der Waals surface area (Å²) in [4.78, 5) is 27.4. The van der Waals surface area contributed by atoms with Gasteiger partial charge >= 0.3 is 5.97 Å². The number of aromatic nitrogens is 1. The molecule has 5 nitrogen and oxygen atoms in total. The lowest BCUT2D eigenvalue weighted by molar-refractivity contribution is 0.0697. The maximum atomic E-state index is 12.1. The molecule has 0 saturated heterocycles. The van der Waals surface area contributed by atoms with Crippen LogP contribution >= 0.6 is 0 Å². The summed E-state index contributed by atoms with van der Waals surface area (Å²) in [7, 11) is 0. The Hall–Kier alpha value is -2.69. The van der Waals surface area contributed by atoms with E-state index in [0.717, 1.165) is 5.69 Å². The first kappa shape index (κ1) is 13.7. The quantitative estimate of drug-likeness (QED) is 0.898. The standard InChI is InChI=1S/C15H14N2O3/c1-9-5-3-7-11(13(9)15(19)20)17-14(18)12-8-4-6-10(2)16-12/h3-8H,1-2H3,(H,17,18)(H,19,20). The first-order valence-electron chi connectivity index (χ1n) is 6.07. The monoisotopic (exact) mass is 270 g/mol. The van der Waals surface area contributed by atoms with Crippen LogP contribution in [0.5, 0.6) is 0 Å². The molecule has 0 bridgehead atoms. The van der Waals surface area contributed by atoms with Crippen molar-refractivity contribution in [1.82, 2.24) is 4.98 Å². The first-order chi connectivity index (χ1) is 9.49. The SMILES string of the molecule is Cc1cccc(C(=O)Nc2cccc(C)c2C(=O)O)n1. The summed E-state index contributed by atoms with van der Waals surface area (Å²) < 4.78 is 0. The molecule has 0 unspecified atom stereocenters. The van der Waals surface area contributed by atoms with Gasteiger partial charge in [0.25, 0.3) is 5.91 Å². The van der Waals surface area contributed by atoms with Gasteiger partial charge in [-0.2, -0.15) is 0 Å². The smallest absolute Gasteiger partial charge is 0.338 e. The van der Waals surface area contributed by atoms with E-state index in [2.05, 4.69) is 10.3 Å². The molecule has 0 fully saturated rings. The molecule has 1 aromatic carbocycles. The topological polar surface area (TPSA) is 79.3 Å². The minimum atomic E-state index is -1.07. The number of nitrogens with one attached hydrogen (secondary N) is 1. The molecule has 0 spiro atoms. The van der Waals surface area contributed by atoms with E-state index < -0.39 is 11.9 Å². The van der Waals surface area contributed by atoms with Crippen LogP contribution in [0.25, 0.3) is 0 Å². The van der Waals surface area contributed by atoms with Crippen molar-refractivity contribution in [1.29, 1.82) is 0 Å². The summed E-state index contributed by atoms with van der Waals surface area (Å²) in [5, 5.41) is 11.8. The minimum absolute atomic E-state index is 0.0912. The Morgan fingerprint density at radius 2 is 1.80 bits per heavy atom. The van der Waals surface area contributed by atoms with Crippen LogP contribution in [-0.2, 0) is 0 Å². The minimum Gasteiger partial charge on any atom is -0.478 e. The van der Waals surface area contributed by atoms with Crippen LogP contribution in [0, 0.1) is 13.8 Å². The van der Waals surface area contributed by atoms with E-state index >= 15 is 0 Å². The van der Waals surface area contributed by atoms with Crippen LogP contribution in [0.2, 0.25) is 0 Å². The molecule has 0 atom stereocenters. The Morgan fingerprint density at radius 1 is 1.10 bits per heavy atom. The fourth-order valence-electron chi connectivity index (χ4n) is 1.91. The summed E-state index contributed by atoms with van der Waals surface area (Å²) >= 11 is 0. The van der Waals surface area contributed by atoms with Crippen LogP contribution in [-0.4, -0.2) is 22.0 Å². The zero-order chi connectivity index (χ0) is 14.7. The lowest BCUT2D eigenvalue weighted by atomic mass is 10.1. The van der Waals surface area contributed by atoms with Gasteiger partial charge in [0.15, 0.2) is 0 Å². The Balaban J connectivity index is 2.33. The molecule has 1 aromatic heterocycles. The van der Waals surface area contributed by atoms with Gasteiger partial charge in [-0.25, -0.2) is 9.78 Å². The zero-order valence-electron chi connectivity index (χ0n) is 11.2. The number of hydrogen-bond donors (Lipinski definition) is 2. The lowest BCUT2D eigenvalue weighted by Crippen LogP contribution is -2.17. The molecule has 1 heterocycles. The average molecular weight is 270 g/mol. The van der Waals surface area contributed by atoms with Gasteiger partial charge in [-0.15, -0.1) is 0 Å². The third-order valence-corrected chi connectivity index (χ3v) is 2.86. The number of hydrogen-bond acceptors (Lipinski definition) is 3. The van der Waals surface area contributed by atoms with E-state index in [1.807, 2.05) is 0 Å². The van der Waals surface area contributed by atoms with Crippen molar-refractivity contribution < 1.29 is 14.7 Å². The van der Waals surface area contributed by atoms with Crippen LogP contribution < -0.4 is 5.32 Å². The highest BCUT2D eigenvalue weighted by Gasteiger charge is 2.16. The number of aromatic carboxylic acids is 1. The van der Waals surface area contributed by atoms with Gasteiger partial charge in [0, 0.05) is 5.69 Å². The number of carbonyl (C=O) groups excluding carboxylic acids is 1. The number of benzene rings is 1. The first-order valence-corrected chi connectivity index (χ1v) is 6.07. The molecule has 0 radical (unpaired) electrons. The molecule has 2 aromatic rings. The third kappa shape index (κ3) is 2.83. The Kier molecular flexibility index (Phi) is 3.79. The number of anilines is 1. The molecule has 2 rings (SSSR count). The number of amides is 1. The normalized spacial score (nSPS) is 10.1. The third-order valence-electron chi connectivity index (χ3n) is 2.86. The summed E-state index contributed by atoms with van der Waals surface area (Å²) in [5.74, 6) is -1.50. The van der Waals surface area contributed by atoms with Crippen LogP contribution in [0.4, 0.5) is 5.69 Å². The van der Waals surface area contributed by atoms with Gasteiger partial charge in [-0.3, -0.25) is 4.79 Å². The van der Waals surface area contributed by atoms with Crippen molar-refractivity contribution >= 4 is 17.6 Å². The van der Waals surface area contributed by atoms with Crippen molar-refractivity contribution in [2.75, 3.05) is 5.32 Å². The number of aryl methyl sites for hydroxylation is 2. The highest BCUT2D eigenvalue weighted by atomic mass is 16.4. The fourth-order valence-corrected chi connectivity index (χ4v) is 1.91. The molecule has 0 saturated carbocycles. The van der Waals surface area contributed by atoms with E-state index in [1.54, 1.807) is 50.2 Å². The van der Waals surface area contributed by atoms with Gasteiger partial charge in [0.05, 0.1) is 11.3 Å². The number of carboxylic acid groups (broad SMARTS) is 1. The Bertz CT molecular complexity index is 681. The molecule has 20 heavy (non-hydrogen) atoms. The molecule has 0 aliphatic carbocycles. The number of carbonyl (C=O) groups is 2. The van der Waals surface area contributed by atoms with Crippen LogP contribution in [0.1, 0.15) is 32.1 Å². The van der Waals surface area contributed by atoms with Gasteiger partial charge in [-0.1, -0.05) is 18.2 Å². The van der Waals surface area contributed by atoms with E-state index in [0.29, 0.717) is 5.56 Å². The summed E-state index contributed by atoms with van der Waals surface area (Å²) in [6.07, 6.45) is 0. The van der Waals surface area contributed by atoms with Crippen molar-refractivity contribution in [2.24, 2.45) is 0 Å². The molecule has 102 valence electrons. The number of rotatable bonds is 3. The van der Waals surface area contributed by atoms with E-state index in [4.69, 9.17) is 0 Å². The number of nitrogens with zero attached hydrogens (tertiary/aromatic N) is 1. The molecular weight excluding hydrogens is 256 g/mol. The van der Waals surface area contributed by atoms with Gasteiger partial charge < -0.3 is 10.4 Å². The molecule has 0 aliphatic rings. The van der Waals surface area contributed by atoms with E-state index in [9.17, 15) is 14.7 Å². The molecule has 2 N–H and O–H groups in total. The molecular formula is C15H14N2O3. The second-order valence-corrected chi connectivity index (χ2v) is 4.42. The van der Waals surface area contributed by atoms with Crippen molar-refractivity contribution in [3.05, 3.63) is 58.9 Å². The van der Waals surface area contributed by atoms with Crippen molar-refractivity contribution in [3.8, 4) is 0 Å². The lowest BCUT2D eigenvalue weighted by Gasteiger charge is -2.10. The van der Waals surface area contributed by atoms with Gasteiger partial charge in [0.1, 0.15) is 5.69 Å². The maximum Gasteiger partial charge on any atom is 0.338 e. The summed E-state index contributed by atoms with van der Waals surface area (Å²) in [5.41, 5.74) is 1.93. The zero-order valence-corrected chi connectivity index (χ0v) is 11.2. The largest absolute Gasteiger partial charge is 0.478 e.